The van der Waals surface area contributed by atoms with E-state index in [1.807, 2.05) is 0 Å². The second-order valence-corrected chi connectivity index (χ2v) is 12.3. The van der Waals surface area contributed by atoms with Gasteiger partial charge in [0.15, 0.2) is 29.3 Å². The van der Waals surface area contributed by atoms with Crippen molar-refractivity contribution in [2.24, 2.45) is 56.4 Å². The molecule has 0 aliphatic carbocycles. The summed E-state index contributed by atoms with van der Waals surface area (Å²) in [4.78, 5) is 85.2. The van der Waals surface area contributed by atoms with Gasteiger partial charge < -0.3 is 49.7 Å². The summed E-state index contributed by atoms with van der Waals surface area (Å²) in [6, 6.07) is -2.73. The third-order valence-corrected chi connectivity index (χ3v) is 7.64. The van der Waals surface area contributed by atoms with Crippen molar-refractivity contribution in [2.45, 2.75) is 104 Å². The van der Waals surface area contributed by atoms with Crippen LogP contribution in [0.15, 0.2) is 9.98 Å². The first-order chi connectivity index (χ1) is 22.5. The number of carbonyl (C=O) groups excluding carboxylic acids is 6. The van der Waals surface area contributed by atoms with Crippen LogP contribution in [0, 0.1) is 17.8 Å². The number of unbranched alkanes of at least 4 members (excludes halogenated alkanes) is 1. The maximum Gasteiger partial charge on any atom is 0.226 e. The molecular weight excluding hydrogens is 624 g/mol. The van der Waals surface area contributed by atoms with E-state index in [0.29, 0.717) is 32.2 Å². The van der Waals surface area contributed by atoms with Crippen molar-refractivity contribution in [2.75, 3.05) is 26.2 Å². The SMILES string of the molecule is CC(=O)N[C@H](C(=O)C[C@@H](CO)C(=O)N[C@@H](CCCCN)C(=O)C[C@@H](CCCN=C(N)N)C(=O)N[C@@H](CCCN=C(N)N)C(C)=O)C(C)C. The average molecular weight is 683 g/mol. The van der Waals surface area contributed by atoms with Crippen molar-refractivity contribution >= 4 is 47.0 Å². The molecule has 0 aromatic rings. The Labute approximate surface area is 283 Å². The molecule has 0 spiro atoms. The lowest BCUT2D eigenvalue weighted by Gasteiger charge is -2.25. The van der Waals surface area contributed by atoms with E-state index in [2.05, 4.69) is 25.9 Å². The van der Waals surface area contributed by atoms with Gasteiger partial charge in [0.25, 0.3) is 0 Å². The summed E-state index contributed by atoms with van der Waals surface area (Å²) in [6.45, 7) is 6.26. The molecule has 3 amide bonds. The highest BCUT2D eigenvalue weighted by atomic mass is 16.3. The van der Waals surface area contributed by atoms with Gasteiger partial charge >= 0.3 is 0 Å². The highest BCUT2D eigenvalue weighted by Gasteiger charge is 2.33. The van der Waals surface area contributed by atoms with Crippen molar-refractivity contribution in [3.8, 4) is 0 Å². The number of Topliss-reactive ketones (excluding diaryl/α,β-unsaturated/α-hetero) is 3. The molecular formula is C31H58N10O7. The van der Waals surface area contributed by atoms with Gasteiger partial charge in [-0.25, -0.2) is 0 Å². The molecule has 5 atom stereocenters. The number of nitrogens with two attached hydrogens (primary N) is 5. The van der Waals surface area contributed by atoms with Crippen LogP contribution in [0.5, 0.6) is 0 Å². The number of rotatable bonds is 26. The van der Waals surface area contributed by atoms with Crippen LogP contribution in [-0.4, -0.2) is 96.5 Å². The quantitative estimate of drug-likeness (QED) is 0.0274. The monoisotopic (exact) mass is 682 g/mol. The lowest BCUT2D eigenvalue weighted by atomic mass is 9.90. The third kappa shape index (κ3) is 18.9. The predicted octanol–water partition coefficient (Wildman–Crippen LogP) is -1.92. The smallest absolute Gasteiger partial charge is 0.226 e. The maximum atomic E-state index is 13.7. The lowest BCUT2D eigenvalue weighted by Crippen LogP contribution is -2.49. The molecule has 0 saturated heterocycles. The first-order valence-electron chi connectivity index (χ1n) is 16.4. The molecule has 17 heteroatoms. The summed E-state index contributed by atoms with van der Waals surface area (Å²) >= 11 is 0. The number of aliphatic hydroxyl groups excluding tert-OH is 1. The number of aliphatic hydroxyl groups is 1. The summed E-state index contributed by atoms with van der Waals surface area (Å²) in [5, 5.41) is 18.0. The summed E-state index contributed by atoms with van der Waals surface area (Å²) in [5.74, 6) is -5.35. The van der Waals surface area contributed by atoms with E-state index in [4.69, 9.17) is 28.7 Å². The van der Waals surface area contributed by atoms with Gasteiger partial charge in [-0.3, -0.25) is 38.8 Å². The number of nitrogens with zero attached hydrogens (tertiary/aromatic N) is 2. The van der Waals surface area contributed by atoms with Crippen molar-refractivity contribution in [1.29, 1.82) is 0 Å². The van der Waals surface area contributed by atoms with E-state index in [9.17, 15) is 33.9 Å². The van der Waals surface area contributed by atoms with Gasteiger partial charge in [-0.2, -0.15) is 0 Å². The topological polar surface area (TPSA) is 314 Å². The number of hydrogen-bond donors (Lipinski definition) is 9. The number of guanidine groups is 2. The van der Waals surface area contributed by atoms with Crippen LogP contribution in [0.2, 0.25) is 0 Å². The molecule has 0 radical (unpaired) electrons. The number of amides is 3. The standard InChI is InChI=1S/C31H58N10O7/c1-18(2)27(39-20(4)44)26(46)16-22(17-42)29(48)41-24(10-5-6-12-32)25(45)15-21(9-7-13-37-30(33)34)28(47)40-23(19(3)43)11-8-14-38-31(35)36/h18,21-24,27,42H,5-17,32H2,1-4H3,(H,39,44)(H,40,47)(H,41,48)(H4,33,34,37)(H4,35,36,38)/t21-,22+,23+,24+,27+/m1/s1. The van der Waals surface area contributed by atoms with Gasteiger partial charge in [-0.1, -0.05) is 13.8 Å². The van der Waals surface area contributed by atoms with E-state index >= 15 is 0 Å². The Balaban J connectivity index is 5.99. The van der Waals surface area contributed by atoms with Crippen molar-refractivity contribution < 1.29 is 33.9 Å². The van der Waals surface area contributed by atoms with Crippen LogP contribution >= 0.6 is 0 Å². The average Bonchev–Trinajstić information content (AvgIpc) is 3.00. The molecule has 0 aliphatic rings. The molecule has 274 valence electrons. The van der Waals surface area contributed by atoms with E-state index in [1.165, 1.54) is 13.8 Å². The minimum Gasteiger partial charge on any atom is -0.396 e. The number of nitrogens with one attached hydrogen (secondary N) is 3. The normalized spacial score (nSPS) is 14.1. The van der Waals surface area contributed by atoms with Gasteiger partial charge in [-0.05, 0) is 64.3 Å². The van der Waals surface area contributed by atoms with Crippen LogP contribution in [0.25, 0.3) is 0 Å². The molecule has 17 nitrogen and oxygen atoms in total. The largest absolute Gasteiger partial charge is 0.396 e. The van der Waals surface area contributed by atoms with E-state index in [1.54, 1.807) is 13.8 Å². The van der Waals surface area contributed by atoms with Gasteiger partial charge in [0.1, 0.15) is 0 Å². The Hall–Kier alpha value is -4.12. The maximum absolute atomic E-state index is 13.7. The number of hydrogen-bond acceptors (Lipinski definition) is 10. The Morgan fingerprint density at radius 1 is 0.667 bits per heavy atom. The van der Waals surface area contributed by atoms with Gasteiger partial charge in [0.05, 0.1) is 30.7 Å². The molecule has 0 aliphatic heterocycles. The van der Waals surface area contributed by atoms with Crippen LogP contribution in [0.4, 0.5) is 0 Å². The zero-order valence-corrected chi connectivity index (χ0v) is 28.8. The Kier molecular flexibility index (Phi) is 22.0. The molecule has 0 bridgehead atoms. The summed E-state index contributed by atoms with van der Waals surface area (Å²) in [5.41, 5.74) is 27.2. The zero-order chi connectivity index (χ0) is 36.8. The minimum absolute atomic E-state index is 0.0903. The Morgan fingerprint density at radius 3 is 1.65 bits per heavy atom. The van der Waals surface area contributed by atoms with E-state index in [0.717, 1.165) is 0 Å². The number of carbonyl (C=O) groups is 6. The van der Waals surface area contributed by atoms with Gasteiger partial charge in [-0.15, -0.1) is 0 Å². The van der Waals surface area contributed by atoms with Gasteiger partial charge in [0.2, 0.25) is 17.7 Å². The molecule has 0 unspecified atom stereocenters. The summed E-state index contributed by atoms with van der Waals surface area (Å²) in [7, 11) is 0. The fraction of sp³-hybridized carbons (Fsp3) is 0.742. The van der Waals surface area contributed by atoms with Crippen molar-refractivity contribution in [3.05, 3.63) is 0 Å². The molecule has 0 rings (SSSR count). The third-order valence-electron chi connectivity index (χ3n) is 7.64. The molecule has 0 saturated carbocycles. The van der Waals surface area contributed by atoms with Crippen molar-refractivity contribution in [1.82, 2.24) is 16.0 Å². The molecule has 14 N–H and O–H groups in total. The zero-order valence-electron chi connectivity index (χ0n) is 28.8. The lowest BCUT2D eigenvalue weighted by molar-refractivity contribution is -0.136. The fourth-order valence-electron chi connectivity index (χ4n) is 4.97. The fourth-order valence-corrected chi connectivity index (χ4v) is 4.97. The molecule has 48 heavy (non-hydrogen) atoms. The summed E-state index contributed by atoms with van der Waals surface area (Å²) < 4.78 is 0. The van der Waals surface area contributed by atoms with E-state index in [-0.39, 0.29) is 68.8 Å². The molecule has 0 heterocycles. The number of aliphatic imine (C=N–C) groups is 2. The van der Waals surface area contributed by atoms with Crippen LogP contribution in [0.1, 0.15) is 85.5 Å². The Morgan fingerprint density at radius 2 is 1.17 bits per heavy atom. The van der Waals surface area contributed by atoms with Crippen LogP contribution in [0.3, 0.4) is 0 Å². The molecule has 0 aromatic heterocycles. The second kappa shape index (κ2) is 24.1. The summed E-state index contributed by atoms with van der Waals surface area (Å²) in [6.07, 6.45) is 1.86. The highest BCUT2D eigenvalue weighted by molar-refractivity contribution is 5.96. The Bertz CT molecular complexity index is 1120. The first-order valence-corrected chi connectivity index (χ1v) is 16.4. The second-order valence-electron chi connectivity index (χ2n) is 12.3. The minimum atomic E-state index is -1.17. The highest BCUT2D eigenvalue weighted by Crippen LogP contribution is 2.18. The molecule has 0 aromatic carbocycles. The first kappa shape index (κ1) is 43.9. The van der Waals surface area contributed by atoms with Crippen molar-refractivity contribution in [3.63, 3.8) is 0 Å². The van der Waals surface area contributed by atoms with Gasteiger partial charge in [0, 0.05) is 38.8 Å². The molecule has 0 fully saturated rings. The van der Waals surface area contributed by atoms with Crippen LogP contribution in [-0.2, 0) is 28.8 Å². The number of ketones is 3. The van der Waals surface area contributed by atoms with E-state index < -0.39 is 65.9 Å². The predicted molar refractivity (Wildman–Crippen MR) is 183 cm³/mol. The van der Waals surface area contributed by atoms with Crippen LogP contribution < -0.4 is 44.6 Å².